The van der Waals surface area contributed by atoms with Gasteiger partial charge in [0.1, 0.15) is 0 Å². The zero-order valence-corrected chi connectivity index (χ0v) is 26.0. The van der Waals surface area contributed by atoms with Crippen LogP contribution < -0.4 is 0 Å². The third-order valence-corrected chi connectivity index (χ3v) is 5.52. The molecule has 38 heavy (non-hydrogen) atoms. The minimum absolute atomic E-state index is 0.676. The number of hydrogen-bond acceptors (Lipinski definition) is 2. The van der Waals surface area contributed by atoms with E-state index in [0.29, 0.717) is 13.2 Å². The molecule has 4 aromatic carbocycles. The van der Waals surface area contributed by atoms with Crippen LogP contribution in [0.3, 0.4) is 0 Å². The second-order valence-corrected chi connectivity index (χ2v) is 7.91. The molecule has 0 radical (unpaired) electrons. The lowest BCUT2D eigenvalue weighted by Crippen LogP contribution is -1.93. The molecule has 0 heterocycles. The summed E-state index contributed by atoms with van der Waals surface area (Å²) < 4.78 is 5.61. The minimum Gasteiger partial charge on any atom is -0.372 e. The average Bonchev–Trinajstić information content (AvgIpc) is 3.04. The van der Waals surface area contributed by atoms with Gasteiger partial charge in [-0.05, 0) is 22.3 Å². The summed E-state index contributed by atoms with van der Waals surface area (Å²) in [5.74, 6) is 2.19. The molecule has 4 rings (SSSR count). The van der Waals surface area contributed by atoms with Crippen molar-refractivity contribution in [3.63, 3.8) is 0 Å². The fraction of sp³-hybridized carbons (Fsp3) is 0.333. The molecule has 0 saturated heterocycles. The highest BCUT2D eigenvalue weighted by Gasteiger charge is 1.94. The van der Waals surface area contributed by atoms with E-state index in [0.717, 1.165) is 11.5 Å². The zero-order valence-electron chi connectivity index (χ0n) is 25.2. The van der Waals surface area contributed by atoms with Gasteiger partial charge in [-0.25, -0.2) is 0 Å². The lowest BCUT2D eigenvalue weighted by atomic mass is 10.2. The van der Waals surface area contributed by atoms with Crippen molar-refractivity contribution >= 4 is 11.8 Å². The van der Waals surface area contributed by atoms with Gasteiger partial charge in [0, 0.05) is 11.5 Å². The highest BCUT2D eigenvalue weighted by molar-refractivity contribution is 7.97. The van der Waals surface area contributed by atoms with E-state index < -0.39 is 0 Å². The molecule has 0 amide bonds. The van der Waals surface area contributed by atoms with Gasteiger partial charge in [0.05, 0.1) is 13.2 Å². The summed E-state index contributed by atoms with van der Waals surface area (Å²) in [6.45, 7) is 17.4. The van der Waals surface area contributed by atoms with Crippen LogP contribution >= 0.6 is 11.8 Å². The third-order valence-electron chi connectivity index (χ3n) is 4.45. The van der Waals surface area contributed by atoms with E-state index in [4.69, 9.17) is 4.74 Å². The quantitative estimate of drug-likeness (QED) is 0.223. The molecule has 0 aliphatic rings. The molecular formula is C36H52OS. The van der Waals surface area contributed by atoms with Crippen molar-refractivity contribution in [1.82, 2.24) is 0 Å². The summed E-state index contributed by atoms with van der Waals surface area (Å²) in [4.78, 5) is 0. The number of hydrogen-bond donors (Lipinski definition) is 0. The predicted molar refractivity (Wildman–Crippen MR) is 175 cm³/mol. The van der Waals surface area contributed by atoms with Crippen LogP contribution in [0.1, 0.15) is 77.6 Å². The Morgan fingerprint density at radius 1 is 0.368 bits per heavy atom. The van der Waals surface area contributed by atoms with Crippen LogP contribution in [0.2, 0.25) is 0 Å². The average molecular weight is 533 g/mol. The van der Waals surface area contributed by atoms with Crippen molar-refractivity contribution in [2.75, 3.05) is 0 Å². The lowest BCUT2D eigenvalue weighted by Gasteiger charge is -2.03. The fourth-order valence-corrected chi connectivity index (χ4v) is 3.83. The van der Waals surface area contributed by atoms with Crippen LogP contribution in [-0.2, 0) is 29.5 Å². The van der Waals surface area contributed by atoms with E-state index in [1.54, 1.807) is 0 Å². The van der Waals surface area contributed by atoms with Crippen LogP contribution in [0.25, 0.3) is 0 Å². The van der Waals surface area contributed by atoms with E-state index >= 15 is 0 Å². The van der Waals surface area contributed by atoms with E-state index in [-0.39, 0.29) is 0 Å². The van der Waals surface area contributed by atoms with Crippen molar-refractivity contribution in [2.45, 2.75) is 80.1 Å². The summed E-state index contributed by atoms with van der Waals surface area (Å²) in [7, 11) is 0. The topological polar surface area (TPSA) is 9.23 Å². The van der Waals surface area contributed by atoms with Gasteiger partial charge in [0.25, 0.3) is 0 Å². The molecule has 0 unspecified atom stereocenters. The van der Waals surface area contributed by atoms with Crippen molar-refractivity contribution in [3.05, 3.63) is 144 Å². The van der Waals surface area contributed by atoms with E-state index in [1.807, 2.05) is 104 Å². The molecule has 0 aliphatic heterocycles. The number of ether oxygens (including phenoxy) is 1. The second-order valence-electron chi connectivity index (χ2n) is 6.93. The summed E-state index contributed by atoms with van der Waals surface area (Å²) in [6, 6.07) is 41.7. The van der Waals surface area contributed by atoms with Gasteiger partial charge in [-0.2, -0.15) is 11.8 Å². The molecule has 208 valence electrons. The monoisotopic (exact) mass is 532 g/mol. The SMILES string of the molecule is CC.CC.CC.CC.c1ccc(COCc2ccccc2)cc1.c1ccc(CSCc2ccccc2)cc1. The first-order valence-electron chi connectivity index (χ1n) is 14.2. The Morgan fingerprint density at radius 2 is 0.605 bits per heavy atom. The molecule has 0 spiro atoms. The van der Waals surface area contributed by atoms with Crippen molar-refractivity contribution in [3.8, 4) is 0 Å². The molecule has 0 N–H and O–H groups in total. The van der Waals surface area contributed by atoms with Gasteiger partial charge >= 0.3 is 0 Å². The number of thioether (sulfide) groups is 1. The lowest BCUT2D eigenvalue weighted by molar-refractivity contribution is 0.107. The van der Waals surface area contributed by atoms with Gasteiger partial charge in [0.15, 0.2) is 0 Å². The van der Waals surface area contributed by atoms with Gasteiger partial charge in [0.2, 0.25) is 0 Å². The molecule has 0 aliphatic carbocycles. The molecule has 0 fully saturated rings. The van der Waals surface area contributed by atoms with E-state index in [1.165, 1.54) is 22.3 Å². The standard InChI is InChI=1S/C14H14O.C14H14S.4C2H6/c2*1-3-7-13(8-4-1)11-15-12-14-9-5-2-6-10-14;4*1-2/h2*1-10H,11-12H2;4*1-2H3. The van der Waals surface area contributed by atoms with Crippen LogP contribution in [0.4, 0.5) is 0 Å². The van der Waals surface area contributed by atoms with Crippen LogP contribution in [0, 0.1) is 0 Å². The first-order valence-corrected chi connectivity index (χ1v) is 15.4. The van der Waals surface area contributed by atoms with Gasteiger partial charge in [-0.1, -0.05) is 177 Å². The Morgan fingerprint density at radius 3 is 0.868 bits per heavy atom. The maximum absolute atomic E-state index is 5.61. The largest absolute Gasteiger partial charge is 0.372 e. The second kappa shape index (κ2) is 30.4. The van der Waals surface area contributed by atoms with Gasteiger partial charge in [-0.3, -0.25) is 0 Å². The maximum atomic E-state index is 5.61. The summed E-state index contributed by atoms with van der Waals surface area (Å²) in [6.07, 6.45) is 0. The van der Waals surface area contributed by atoms with Crippen molar-refractivity contribution in [2.24, 2.45) is 0 Å². The minimum atomic E-state index is 0.676. The molecule has 0 atom stereocenters. The normalized spacial score (nSPS) is 8.63. The van der Waals surface area contributed by atoms with Gasteiger partial charge in [-0.15, -0.1) is 0 Å². The Bertz CT molecular complexity index is 766. The molecule has 0 bridgehead atoms. The summed E-state index contributed by atoms with van der Waals surface area (Å²) in [5, 5.41) is 0. The predicted octanol–water partition coefficient (Wildman–Crippen LogP) is 11.6. The Kier molecular flexibility index (Phi) is 29.9. The summed E-state index contributed by atoms with van der Waals surface area (Å²) in [5.41, 5.74) is 5.23. The first-order chi connectivity index (χ1) is 18.9. The maximum Gasteiger partial charge on any atom is 0.0721 e. The number of rotatable bonds is 8. The van der Waals surface area contributed by atoms with E-state index in [2.05, 4.69) is 84.9 Å². The van der Waals surface area contributed by atoms with Crippen LogP contribution in [-0.4, -0.2) is 0 Å². The fourth-order valence-electron chi connectivity index (χ4n) is 2.87. The Labute approximate surface area is 239 Å². The molecular weight excluding hydrogens is 480 g/mol. The highest BCUT2D eigenvalue weighted by atomic mass is 32.2. The van der Waals surface area contributed by atoms with Crippen LogP contribution in [0.15, 0.2) is 121 Å². The first kappa shape index (κ1) is 37.3. The summed E-state index contributed by atoms with van der Waals surface area (Å²) >= 11 is 1.96. The smallest absolute Gasteiger partial charge is 0.0721 e. The Hall–Kier alpha value is -2.81. The zero-order chi connectivity index (χ0) is 28.7. The molecule has 0 aromatic heterocycles. The van der Waals surface area contributed by atoms with Crippen molar-refractivity contribution in [1.29, 1.82) is 0 Å². The van der Waals surface area contributed by atoms with E-state index in [9.17, 15) is 0 Å². The van der Waals surface area contributed by atoms with Gasteiger partial charge < -0.3 is 4.74 Å². The molecule has 2 heteroatoms. The number of benzene rings is 4. The third kappa shape index (κ3) is 20.3. The highest BCUT2D eigenvalue weighted by Crippen LogP contribution is 2.17. The molecule has 0 saturated carbocycles. The molecule has 4 aromatic rings. The van der Waals surface area contributed by atoms with Crippen molar-refractivity contribution < 1.29 is 4.74 Å². The molecule has 1 nitrogen and oxygen atoms in total. The van der Waals surface area contributed by atoms with Crippen LogP contribution in [0.5, 0.6) is 0 Å². The Balaban J connectivity index is 0.